The van der Waals surface area contributed by atoms with Crippen molar-refractivity contribution in [2.45, 2.75) is 4.90 Å². The van der Waals surface area contributed by atoms with Crippen LogP contribution in [0.4, 0.5) is 0 Å². The third-order valence-electron chi connectivity index (χ3n) is 3.74. The van der Waals surface area contributed by atoms with Crippen LogP contribution < -0.4 is 25.1 Å². The number of nitrogens with one attached hydrogen (secondary N) is 2. The van der Waals surface area contributed by atoms with E-state index in [-0.39, 0.29) is 27.5 Å². The second-order valence-corrected chi connectivity index (χ2v) is 7.64. The Labute approximate surface area is 162 Å². The van der Waals surface area contributed by atoms with Gasteiger partial charge in [-0.2, -0.15) is 0 Å². The Hall–Kier alpha value is -3.27. The number of amides is 2. The predicted molar refractivity (Wildman–Crippen MR) is 101 cm³/mol. The van der Waals surface area contributed by atoms with Gasteiger partial charge in [0.2, 0.25) is 5.75 Å². The quantitative estimate of drug-likeness (QED) is 0.689. The van der Waals surface area contributed by atoms with Gasteiger partial charge in [-0.25, -0.2) is 8.42 Å². The number of benzene rings is 2. The van der Waals surface area contributed by atoms with E-state index in [1.165, 1.54) is 57.7 Å². The lowest BCUT2D eigenvalue weighted by Crippen LogP contribution is -2.41. The van der Waals surface area contributed by atoms with E-state index in [1.807, 2.05) is 0 Å². The van der Waals surface area contributed by atoms with Gasteiger partial charge >= 0.3 is 0 Å². The maximum Gasteiger partial charge on any atom is 0.269 e. The Morgan fingerprint density at radius 3 is 1.82 bits per heavy atom. The first-order valence-corrected chi connectivity index (χ1v) is 9.81. The minimum absolute atomic E-state index is 0.00361. The van der Waals surface area contributed by atoms with Crippen LogP contribution >= 0.6 is 0 Å². The summed E-state index contributed by atoms with van der Waals surface area (Å²) in [4.78, 5) is 24.6. The first-order chi connectivity index (χ1) is 13.2. The van der Waals surface area contributed by atoms with Crippen molar-refractivity contribution < 1.29 is 32.2 Å². The number of hydrogen-bond donors (Lipinski definition) is 2. The first-order valence-electron chi connectivity index (χ1n) is 7.92. The van der Waals surface area contributed by atoms with Crippen molar-refractivity contribution >= 4 is 21.7 Å². The SMILES string of the molecule is COc1cc(C(=O)NNC(=O)c2cccc(S(C)(=O)=O)c2)cc(OC)c1OC. The number of hydrazine groups is 1. The number of rotatable bonds is 6. The molecule has 9 nitrogen and oxygen atoms in total. The van der Waals surface area contributed by atoms with Gasteiger partial charge in [0.05, 0.1) is 26.2 Å². The Balaban J connectivity index is 2.17. The van der Waals surface area contributed by atoms with Gasteiger partial charge in [0.25, 0.3) is 11.8 Å². The zero-order valence-corrected chi connectivity index (χ0v) is 16.5. The summed E-state index contributed by atoms with van der Waals surface area (Å²) in [6.07, 6.45) is 1.04. The molecule has 2 amide bonds. The van der Waals surface area contributed by atoms with E-state index in [1.54, 1.807) is 0 Å². The summed E-state index contributed by atoms with van der Waals surface area (Å²) in [5.74, 6) is -0.431. The zero-order chi connectivity index (χ0) is 20.9. The van der Waals surface area contributed by atoms with E-state index in [0.29, 0.717) is 5.75 Å². The summed E-state index contributed by atoms with van der Waals surface area (Å²) >= 11 is 0. The van der Waals surface area contributed by atoms with Crippen molar-refractivity contribution in [3.8, 4) is 17.2 Å². The molecule has 0 atom stereocenters. The highest BCUT2D eigenvalue weighted by Crippen LogP contribution is 2.38. The molecule has 2 rings (SSSR count). The van der Waals surface area contributed by atoms with Crippen LogP contribution in [0.25, 0.3) is 0 Å². The molecule has 0 heterocycles. The van der Waals surface area contributed by atoms with Gasteiger partial charge in [-0.1, -0.05) is 6.07 Å². The Morgan fingerprint density at radius 2 is 1.36 bits per heavy atom. The molecule has 0 unspecified atom stereocenters. The van der Waals surface area contributed by atoms with Crippen LogP contribution in [-0.4, -0.2) is 47.8 Å². The second-order valence-electron chi connectivity index (χ2n) is 5.62. The number of methoxy groups -OCH3 is 3. The van der Waals surface area contributed by atoms with Crippen molar-refractivity contribution in [1.82, 2.24) is 10.9 Å². The Kier molecular flexibility index (Phi) is 6.47. The minimum atomic E-state index is -3.46. The number of carbonyl (C=O) groups is 2. The fourth-order valence-corrected chi connectivity index (χ4v) is 3.00. The lowest BCUT2D eigenvalue weighted by Gasteiger charge is -2.14. The first kappa shape index (κ1) is 21.0. The van der Waals surface area contributed by atoms with E-state index < -0.39 is 21.7 Å². The summed E-state index contributed by atoms with van der Waals surface area (Å²) in [6.45, 7) is 0. The molecule has 0 saturated carbocycles. The lowest BCUT2D eigenvalue weighted by atomic mass is 10.1. The highest BCUT2D eigenvalue weighted by atomic mass is 32.2. The molecule has 0 spiro atoms. The van der Waals surface area contributed by atoms with E-state index in [2.05, 4.69) is 10.9 Å². The summed E-state index contributed by atoms with van der Waals surface area (Å²) in [5, 5.41) is 0. The number of sulfone groups is 1. The molecule has 2 aromatic rings. The van der Waals surface area contributed by atoms with Crippen LogP contribution in [0.3, 0.4) is 0 Å². The average molecular weight is 408 g/mol. The van der Waals surface area contributed by atoms with E-state index in [9.17, 15) is 18.0 Å². The topological polar surface area (TPSA) is 120 Å². The second kappa shape index (κ2) is 8.61. The van der Waals surface area contributed by atoms with Crippen molar-refractivity contribution in [1.29, 1.82) is 0 Å². The predicted octanol–water partition coefficient (Wildman–Crippen LogP) is 1.19. The fourth-order valence-electron chi connectivity index (χ4n) is 2.34. The molecule has 150 valence electrons. The maximum atomic E-state index is 12.4. The molecule has 2 N–H and O–H groups in total. The summed E-state index contributed by atoms with van der Waals surface area (Å²) in [5.41, 5.74) is 4.72. The average Bonchev–Trinajstić information content (AvgIpc) is 2.69. The molecular formula is C18H20N2O7S. The summed E-state index contributed by atoms with van der Waals surface area (Å²) in [6, 6.07) is 8.30. The van der Waals surface area contributed by atoms with Gasteiger partial charge in [-0.3, -0.25) is 20.4 Å². The van der Waals surface area contributed by atoms with Crippen LogP contribution in [-0.2, 0) is 9.84 Å². The molecule has 0 fully saturated rings. The van der Waals surface area contributed by atoms with Gasteiger partial charge in [-0.15, -0.1) is 0 Å². The van der Waals surface area contributed by atoms with Crippen molar-refractivity contribution in [3.63, 3.8) is 0 Å². The standard InChI is InChI=1S/C18H20N2O7S/c1-25-14-9-12(10-15(26-2)16(14)27-3)18(22)20-19-17(21)11-6-5-7-13(8-11)28(4,23)24/h5-10H,1-4H3,(H,19,21)(H,20,22). The smallest absolute Gasteiger partial charge is 0.269 e. The summed E-state index contributed by atoms with van der Waals surface area (Å²) < 4.78 is 38.7. The van der Waals surface area contributed by atoms with Crippen LogP contribution in [0.5, 0.6) is 17.2 Å². The molecule has 0 aromatic heterocycles. The number of ether oxygens (including phenoxy) is 3. The van der Waals surface area contributed by atoms with Gasteiger partial charge in [0.1, 0.15) is 0 Å². The lowest BCUT2D eigenvalue weighted by molar-refractivity contribution is 0.0846. The highest BCUT2D eigenvalue weighted by Gasteiger charge is 2.18. The number of carbonyl (C=O) groups excluding carboxylic acids is 2. The van der Waals surface area contributed by atoms with Crippen LogP contribution in [0, 0.1) is 0 Å². The molecule has 0 aliphatic heterocycles. The molecule has 0 bridgehead atoms. The molecular weight excluding hydrogens is 388 g/mol. The third kappa shape index (κ3) is 4.71. The monoisotopic (exact) mass is 408 g/mol. The normalized spacial score (nSPS) is 10.7. The van der Waals surface area contributed by atoms with Crippen molar-refractivity contribution in [3.05, 3.63) is 47.5 Å². The molecule has 0 radical (unpaired) electrons. The third-order valence-corrected chi connectivity index (χ3v) is 4.85. The molecule has 10 heteroatoms. The Bertz CT molecular complexity index is 978. The van der Waals surface area contributed by atoms with Gasteiger partial charge in [0.15, 0.2) is 21.3 Å². The summed E-state index contributed by atoms with van der Waals surface area (Å²) in [7, 11) is 0.798. The highest BCUT2D eigenvalue weighted by molar-refractivity contribution is 7.90. The largest absolute Gasteiger partial charge is 0.493 e. The molecule has 0 aliphatic rings. The number of hydrogen-bond acceptors (Lipinski definition) is 7. The van der Waals surface area contributed by atoms with Crippen LogP contribution in [0.1, 0.15) is 20.7 Å². The minimum Gasteiger partial charge on any atom is -0.493 e. The van der Waals surface area contributed by atoms with Gasteiger partial charge in [0, 0.05) is 17.4 Å². The zero-order valence-electron chi connectivity index (χ0n) is 15.7. The molecule has 28 heavy (non-hydrogen) atoms. The maximum absolute atomic E-state index is 12.4. The molecule has 2 aromatic carbocycles. The van der Waals surface area contributed by atoms with Crippen LogP contribution in [0.15, 0.2) is 41.3 Å². The van der Waals surface area contributed by atoms with E-state index in [4.69, 9.17) is 14.2 Å². The van der Waals surface area contributed by atoms with Crippen molar-refractivity contribution in [2.75, 3.05) is 27.6 Å². The Morgan fingerprint density at radius 1 is 0.821 bits per heavy atom. The van der Waals surface area contributed by atoms with E-state index in [0.717, 1.165) is 6.26 Å². The van der Waals surface area contributed by atoms with Gasteiger partial charge < -0.3 is 14.2 Å². The van der Waals surface area contributed by atoms with Crippen molar-refractivity contribution in [2.24, 2.45) is 0 Å². The molecule has 0 saturated heterocycles. The van der Waals surface area contributed by atoms with Crippen LogP contribution in [0.2, 0.25) is 0 Å². The van der Waals surface area contributed by atoms with E-state index >= 15 is 0 Å². The van der Waals surface area contributed by atoms with Gasteiger partial charge in [-0.05, 0) is 30.3 Å². The fraction of sp³-hybridized carbons (Fsp3) is 0.222. The molecule has 0 aliphatic carbocycles.